The highest BCUT2D eigenvalue weighted by Gasteiger charge is 2.21. The molecule has 0 saturated carbocycles. The Balaban J connectivity index is 2.13. The number of anilines is 1. The van der Waals surface area contributed by atoms with Crippen LogP contribution in [-0.2, 0) is 19.6 Å². The molecule has 0 aliphatic carbocycles. The van der Waals surface area contributed by atoms with Crippen molar-refractivity contribution in [3.8, 4) is 5.75 Å². The van der Waals surface area contributed by atoms with Crippen molar-refractivity contribution < 1.29 is 27.9 Å². The highest BCUT2D eigenvalue weighted by atomic mass is 32.2. The zero-order valence-corrected chi connectivity index (χ0v) is 18.1. The van der Waals surface area contributed by atoms with Gasteiger partial charge >= 0.3 is 5.97 Å². The minimum absolute atomic E-state index is 0.00563. The summed E-state index contributed by atoms with van der Waals surface area (Å²) in [6.45, 7) is 7.12. The van der Waals surface area contributed by atoms with E-state index < -0.39 is 28.5 Å². The van der Waals surface area contributed by atoms with Gasteiger partial charge in [-0.05, 0) is 47.2 Å². The predicted octanol–water partition coefficient (Wildman–Crippen LogP) is 3.08. The molecule has 0 atom stereocenters. The number of benzene rings is 2. The van der Waals surface area contributed by atoms with E-state index in [2.05, 4.69) is 5.32 Å². The summed E-state index contributed by atoms with van der Waals surface area (Å²) in [5.74, 6) is -1.54. The number of amides is 1. The maximum absolute atomic E-state index is 12.5. The van der Waals surface area contributed by atoms with Gasteiger partial charge in [0.1, 0.15) is 11.3 Å². The predicted molar refractivity (Wildman–Crippen MR) is 113 cm³/mol. The summed E-state index contributed by atoms with van der Waals surface area (Å²) in [6.07, 6.45) is 0. The van der Waals surface area contributed by atoms with Crippen LogP contribution in [0.25, 0.3) is 0 Å². The fraction of sp³-hybridized carbons (Fsp3) is 0.333. The molecule has 0 heterocycles. The second-order valence-electron chi connectivity index (χ2n) is 7.51. The number of nitrogens with two attached hydrogens (primary N) is 1. The summed E-state index contributed by atoms with van der Waals surface area (Å²) in [5, 5.41) is 18.0. The zero-order chi connectivity index (χ0) is 22.6. The molecule has 9 heteroatoms. The van der Waals surface area contributed by atoms with Crippen LogP contribution in [0.1, 0.15) is 61.0 Å². The SMILES string of the molecule is CC(C)c1cc(C(=O)OCC(=O)Nc2cccc(S(N)(=O)=O)c2)c(O)c(C(C)C)c1. The number of esters is 1. The zero-order valence-electron chi connectivity index (χ0n) is 17.3. The first-order valence-electron chi connectivity index (χ1n) is 9.36. The molecule has 0 bridgehead atoms. The third-order valence-corrected chi connectivity index (χ3v) is 5.36. The highest BCUT2D eigenvalue weighted by molar-refractivity contribution is 7.89. The van der Waals surface area contributed by atoms with E-state index in [-0.39, 0.29) is 33.7 Å². The van der Waals surface area contributed by atoms with E-state index in [1.807, 2.05) is 33.8 Å². The molecule has 2 rings (SSSR count). The van der Waals surface area contributed by atoms with Crippen molar-refractivity contribution in [2.45, 2.75) is 44.4 Å². The quantitative estimate of drug-likeness (QED) is 0.573. The number of primary sulfonamides is 1. The number of nitrogens with one attached hydrogen (secondary N) is 1. The molecule has 0 spiro atoms. The number of phenolic OH excluding ortho intramolecular Hbond substituents is 1. The number of rotatable bonds is 7. The summed E-state index contributed by atoms with van der Waals surface area (Å²) in [7, 11) is -3.91. The molecule has 8 nitrogen and oxygen atoms in total. The number of ether oxygens (including phenoxy) is 1. The van der Waals surface area contributed by atoms with Crippen molar-refractivity contribution in [2.24, 2.45) is 5.14 Å². The molecule has 1 amide bonds. The third-order valence-electron chi connectivity index (χ3n) is 4.45. The van der Waals surface area contributed by atoms with Gasteiger partial charge in [0, 0.05) is 5.69 Å². The van der Waals surface area contributed by atoms with Crippen molar-refractivity contribution in [2.75, 3.05) is 11.9 Å². The molecule has 0 aliphatic rings. The van der Waals surface area contributed by atoms with E-state index >= 15 is 0 Å². The molecule has 2 aromatic carbocycles. The summed E-state index contributed by atoms with van der Waals surface area (Å²) in [6, 6.07) is 8.80. The topological polar surface area (TPSA) is 136 Å². The van der Waals surface area contributed by atoms with Crippen molar-refractivity contribution >= 4 is 27.6 Å². The average molecular weight is 435 g/mol. The molecule has 0 aromatic heterocycles. The van der Waals surface area contributed by atoms with Crippen LogP contribution in [0.3, 0.4) is 0 Å². The first kappa shape index (κ1) is 23.4. The molecule has 162 valence electrons. The van der Waals surface area contributed by atoms with E-state index in [1.54, 1.807) is 6.07 Å². The number of aromatic hydroxyl groups is 1. The van der Waals surface area contributed by atoms with Gasteiger partial charge < -0.3 is 15.2 Å². The van der Waals surface area contributed by atoms with E-state index in [0.717, 1.165) is 5.56 Å². The molecule has 0 fully saturated rings. The Kier molecular flexibility index (Phi) is 7.22. The second kappa shape index (κ2) is 9.27. The number of sulfonamides is 1. The highest BCUT2D eigenvalue weighted by Crippen LogP contribution is 2.33. The smallest absolute Gasteiger partial charge is 0.342 e. The first-order valence-corrected chi connectivity index (χ1v) is 10.9. The Morgan fingerprint density at radius 2 is 1.77 bits per heavy atom. The van der Waals surface area contributed by atoms with Crippen molar-refractivity contribution in [1.29, 1.82) is 0 Å². The second-order valence-corrected chi connectivity index (χ2v) is 9.07. The van der Waals surface area contributed by atoms with Crippen LogP contribution in [0.4, 0.5) is 5.69 Å². The molecule has 0 saturated heterocycles. The summed E-state index contributed by atoms with van der Waals surface area (Å²) in [5.41, 5.74) is 1.67. The van der Waals surface area contributed by atoms with Crippen molar-refractivity contribution in [1.82, 2.24) is 0 Å². The van der Waals surface area contributed by atoms with Crippen LogP contribution in [0.2, 0.25) is 0 Å². The Hall–Kier alpha value is -2.91. The lowest BCUT2D eigenvalue weighted by Crippen LogP contribution is -2.21. The molecular weight excluding hydrogens is 408 g/mol. The van der Waals surface area contributed by atoms with Crippen LogP contribution in [0.15, 0.2) is 41.3 Å². The summed E-state index contributed by atoms with van der Waals surface area (Å²) in [4.78, 5) is 24.5. The largest absolute Gasteiger partial charge is 0.507 e. The maximum atomic E-state index is 12.5. The average Bonchev–Trinajstić information content (AvgIpc) is 2.65. The summed E-state index contributed by atoms with van der Waals surface area (Å²) < 4.78 is 27.9. The Labute approximate surface area is 176 Å². The van der Waals surface area contributed by atoms with Crippen LogP contribution < -0.4 is 10.5 Å². The molecule has 0 radical (unpaired) electrons. The number of carbonyl (C=O) groups is 2. The molecule has 0 unspecified atom stereocenters. The van der Waals surface area contributed by atoms with Gasteiger partial charge in [0.25, 0.3) is 5.91 Å². The fourth-order valence-corrected chi connectivity index (χ4v) is 3.33. The minimum Gasteiger partial charge on any atom is -0.507 e. The molecule has 0 aliphatic heterocycles. The Bertz CT molecular complexity index is 1060. The lowest BCUT2D eigenvalue weighted by atomic mass is 9.92. The van der Waals surface area contributed by atoms with E-state index in [0.29, 0.717) is 5.56 Å². The first-order chi connectivity index (χ1) is 13.9. The minimum atomic E-state index is -3.91. The van der Waals surface area contributed by atoms with Crippen LogP contribution in [0.5, 0.6) is 5.75 Å². The molecule has 30 heavy (non-hydrogen) atoms. The number of carbonyl (C=O) groups excluding carboxylic acids is 2. The number of hydrogen-bond donors (Lipinski definition) is 3. The number of hydrogen-bond acceptors (Lipinski definition) is 6. The van der Waals surface area contributed by atoms with E-state index in [1.165, 1.54) is 24.3 Å². The van der Waals surface area contributed by atoms with Crippen LogP contribution in [0, 0.1) is 0 Å². The van der Waals surface area contributed by atoms with Crippen molar-refractivity contribution in [3.63, 3.8) is 0 Å². The maximum Gasteiger partial charge on any atom is 0.342 e. The van der Waals surface area contributed by atoms with Gasteiger partial charge in [-0.25, -0.2) is 18.4 Å². The Morgan fingerprint density at radius 3 is 2.33 bits per heavy atom. The van der Waals surface area contributed by atoms with Gasteiger partial charge in [0.15, 0.2) is 6.61 Å². The fourth-order valence-electron chi connectivity index (χ4n) is 2.77. The van der Waals surface area contributed by atoms with Gasteiger partial charge in [0.2, 0.25) is 10.0 Å². The lowest BCUT2D eigenvalue weighted by Gasteiger charge is -2.16. The standard InChI is InChI=1S/C21H26N2O6S/c1-12(2)14-8-17(13(3)4)20(25)18(9-14)21(26)29-11-19(24)23-15-6-5-7-16(10-15)30(22,27)28/h5-10,12-13,25H,11H2,1-4H3,(H,23,24)(H2,22,27,28). The van der Waals surface area contributed by atoms with Crippen LogP contribution >= 0.6 is 0 Å². The van der Waals surface area contributed by atoms with Gasteiger partial charge in [-0.15, -0.1) is 0 Å². The van der Waals surface area contributed by atoms with E-state index in [4.69, 9.17) is 9.88 Å². The molecule has 4 N–H and O–H groups in total. The Morgan fingerprint density at radius 1 is 1.10 bits per heavy atom. The van der Waals surface area contributed by atoms with Gasteiger partial charge in [-0.3, -0.25) is 4.79 Å². The van der Waals surface area contributed by atoms with Gasteiger partial charge in [-0.1, -0.05) is 39.8 Å². The summed E-state index contributed by atoms with van der Waals surface area (Å²) >= 11 is 0. The number of phenols is 1. The van der Waals surface area contributed by atoms with Gasteiger partial charge in [-0.2, -0.15) is 0 Å². The lowest BCUT2D eigenvalue weighted by molar-refractivity contribution is -0.119. The monoisotopic (exact) mass is 434 g/mol. The van der Waals surface area contributed by atoms with E-state index in [9.17, 15) is 23.1 Å². The van der Waals surface area contributed by atoms with Crippen molar-refractivity contribution in [3.05, 3.63) is 53.1 Å². The normalized spacial score (nSPS) is 11.6. The molecular formula is C21H26N2O6S. The molecule has 2 aromatic rings. The van der Waals surface area contributed by atoms with Gasteiger partial charge in [0.05, 0.1) is 4.90 Å². The van der Waals surface area contributed by atoms with Crippen LogP contribution in [-0.4, -0.2) is 32.0 Å². The third kappa shape index (κ3) is 5.80.